The van der Waals surface area contributed by atoms with Crippen molar-refractivity contribution in [3.63, 3.8) is 0 Å². The fraction of sp³-hybridized carbons (Fsp3) is 0.571. The fourth-order valence-electron chi connectivity index (χ4n) is 2.78. The molecule has 1 saturated heterocycles. The lowest BCUT2D eigenvalue weighted by Crippen LogP contribution is -2.39. The van der Waals surface area contributed by atoms with Crippen LogP contribution in [-0.2, 0) is 20.0 Å². The first-order valence-corrected chi connectivity index (χ1v) is 10.6. The van der Waals surface area contributed by atoms with Gasteiger partial charge in [-0.3, -0.25) is 0 Å². The second-order valence-electron chi connectivity index (χ2n) is 6.01. The van der Waals surface area contributed by atoms with Gasteiger partial charge in [0.1, 0.15) is 0 Å². The molecule has 2 fully saturated rings. The van der Waals surface area contributed by atoms with E-state index in [2.05, 4.69) is 4.72 Å². The molecule has 1 aliphatic carbocycles. The summed E-state index contributed by atoms with van der Waals surface area (Å²) in [7, 11) is -7.21. The molecule has 0 radical (unpaired) electrons. The van der Waals surface area contributed by atoms with E-state index in [1.54, 1.807) is 0 Å². The Morgan fingerprint density at radius 2 is 1.65 bits per heavy atom. The highest BCUT2D eigenvalue weighted by molar-refractivity contribution is 7.89. The Kier molecular flexibility index (Phi) is 4.49. The average Bonchev–Trinajstić information content (AvgIpc) is 3.18. The third-order valence-electron chi connectivity index (χ3n) is 4.23. The van der Waals surface area contributed by atoms with E-state index in [4.69, 9.17) is 5.73 Å². The number of rotatable bonds is 6. The highest BCUT2D eigenvalue weighted by atomic mass is 32.2. The second-order valence-corrected chi connectivity index (χ2v) is 9.62. The van der Waals surface area contributed by atoms with Gasteiger partial charge in [-0.1, -0.05) is 0 Å². The molecular weight excluding hydrogens is 338 g/mol. The molecule has 3 rings (SSSR count). The molecule has 7 nitrogen and oxygen atoms in total. The molecule has 1 aromatic carbocycles. The zero-order chi connectivity index (χ0) is 16.7. The van der Waals surface area contributed by atoms with Gasteiger partial charge >= 0.3 is 0 Å². The van der Waals surface area contributed by atoms with Crippen LogP contribution in [0.5, 0.6) is 0 Å². The molecule has 1 atom stereocenters. The van der Waals surface area contributed by atoms with E-state index in [1.807, 2.05) is 0 Å². The van der Waals surface area contributed by atoms with E-state index in [9.17, 15) is 16.8 Å². The molecule has 0 amide bonds. The van der Waals surface area contributed by atoms with Gasteiger partial charge in [0.15, 0.2) is 0 Å². The number of sulfonamides is 2. The molecule has 1 aliphatic heterocycles. The summed E-state index contributed by atoms with van der Waals surface area (Å²) in [6.07, 6.45) is 3.24. The third-order valence-corrected chi connectivity index (χ3v) is 7.74. The lowest BCUT2D eigenvalue weighted by Gasteiger charge is -2.22. The van der Waals surface area contributed by atoms with Crippen LogP contribution in [0, 0.1) is 0 Å². The maximum Gasteiger partial charge on any atom is 0.243 e. The number of benzene rings is 1. The predicted octanol–water partition coefficient (Wildman–Crippen LogP) is 0.239. The maximum absolute atomic E-state index is 12.7. The first-order chi connectivity index (χ1) is 10.8. The van der Waals surface area contributed by atoms with Crippen molar-refractivity contribution in [1.82, 2.24) is 9.03 Å². The van der Waals surface area contributed by atoms with Gasteiger partial charge < -0.3 is 5.73 Å². The van der Waals surface area contributed by atoms with Crippen LogP contribution in [0.1, 0.15) is 25.7 Å². The molecule has 23 heavy (non-hydrogen) atoms. The van der Waals surface area contributed by atoms with Crippen molar-refractivity contribution in [2.45, 2.75) is 47.6 Å². The van der Waals surface area contributed by atoms with Crippen LogP contribution in [0.4, 0.5) is 0 Å². The predicted molar refractivity (Wildman–Crippen MR) is 85.8 cm³/mol. The number of hydrogen-bond donors (Lipinski definition) is 2. The van der Waals surface area contributed by atoms with Gasteiger partial charge in [0.25, 0.3) is 0 Å². The molecule has 0 aromatic heterocycles. The molecule has 9 heteroatoms. The van der Waals surface area contributed by atoms with Crippen molar-refractivity contribution in [3.8, 4) is 0 Å². The first-order valence-electron chi connectivity index (χ1n) is 7.69. The summed E-state index contributed by atoms with van der Waals surface area (Å²) in [4.78, 5) is 0.184. The van der Waals surface area contributed by atoms with Gasteiger partial charge in [0, 0.05) is 25.2 Å². The molecule has 2 aliphatic rings. The van der Waals surface area contributed by atoms with E-state index in [-0.39, 0.29) is 28.4 Å². The summed E-state index contributed by atoms with van der Waals surface area (Å²) in [6, 6.07) is 5.21. The highest BCUT2D eigenvalue weighted by Crippen LogP contribution is 2.27. The number of nitrogens with zero attached hydrogens (tertiary/aromatic N) is 1. The molecule has 1 aromatic rings. The smallest absolute Gasteiger partial charge is 0.243 e. The lowest BCUT2D eigenvalue weighted by molar-refractivity contribution is 0.393. The molecule has 1 unspecified atom stereocenters. The number of hydrogen-bond acceptors (Lipinski definition) is 5. The first kappa shape index (κ1) is 16.8. The summed E-state index contributed by atoms with van der Waals surface area (Å²) >= 11 is 0. The average molecular weight is 359 g/mol. The Labute approximate surface area is 137 Å². The van der Waals surface area contributed by atoms with Gasteiger partial charge in [-0.05, 0) is 49.9 Å². The molecule has 1 heterocycles. The topological polar surface area (TPSA) is 110 Å². The maximum atomic E-state index is 12.7. The van der Waals surface area contributed by atoms with Crippen molar-refractivity contribution in [2.24, 2.45) is 5.73 Å². The largest absolute Gasteiger partial charge is 0.329 e. The van der Waals surface area contributed by atoms with Crippen LogP contribution in [-0.4, -0.2) is 46.3 Å². The molecule has 128 valence electrons. The van der Waals surface area contributed by atoms with E-state index in [1.165, 1.54) is 28.6 Å². The summed E-state index contributed by atoms with van der Waals surface area (Å²) in [5, 5.41) is 0. The van der Waals surface area contributed by atoms with Gasteiger partial charge in [0.2, 0.25) is 20.0 Å². The van der Waals surface area contributed by atoms with E-state index < -0.39 is 20.0 Å². The van der Waals surface area contributed by atoms with Gasteiger partial charge in [-0.25, -0.2) is 21.6 Å². The lowest BCUT2D eigenvalue weighted by atomic mass is 10.2. The Morgan fingerprint density at radius 1 is 1.04 bits per heavy atom. The number of nitrogens with two attached hydrogens (primary N) is 1. The monoisotopic (exact) mass is 359 g/mol. The normalized spacial score (nSPS) is 23.3. The van der Waals surface area contributed by atoms with E-state index >= 15 is 0 Å². The van der Waals surface area contributed by atoms with Crippen LogP contribution >= 0.6 is 0 Å². The summed E-state index contributed by atoms with van der Waals surface area (Å²) in [5.41, 5.74) is 5.64. The summed E-state index contributed by atoms with van der Waals surface area (Å²) < 4.78 is 53.5. The summed E-state index contributed by atoms with van der Waals surface area (Å²) in [5.74, 6) is 0. The van der Waals surface area contributed by atoms with Crippen molar-refractivity contribution in [3.05, 3.63) is 24.3 Å². The molecular formula is C14H21N3O4S2. The van der Waals surface area contributed by atoms with Crippen molar-refractivity contribution in [1.29, 1.82) is 0 Å². The van der Waals surface area contributed by atoms with Crippen LogP contribution in [0.25, 0.3) is 0 Å². The molecule has 0 bridgehead atoms. The minimum absolute atomic E-state index is 0.0123. The van der Waals surface area contributed by atoms with E-state index in [0.29, 0.717) is 6.54 Å². The second kappa shape index (κ2) is 6.14. The minimum atomic E-state index is -3.63. The van der Waals surface area contributed by atoms with Crippen molar-refractivity contribution < 1.29 is 16.8 Å². The Balaban J connectivity index is 1.84. The van der Waals surface area contributed by atoms with Gasteiger partial charge in [-0.2, -0.15) is 4.31 Å². The van der Waals surface area contributed by atoms with Gasteiger partial charge in [0.05, 0.1) is 9.79 Å². The molecule has 0 spiro atoms. The Morgan fingerprint density at radius 3 is 2.22 bits per heavy atom. The standard InChI is InChI=1S/C14H21N3O4S2/c15-10-12-2-1-9-17(12)23(20,21)14-7-5-13(6-8-14)22(18,19)16-11-3-4-11/h5-8,11-12,16H,1-4,9-10,15H2. The zero-order valence-electron chi connectivity index (χ0n) is 12.7. The van der Waals surface area contributed by atoms with Gasteiger partial charge in [-0.15, -0.1) is 0 Å². The Hall–Kier alpha value is -1.00. The van der Waals surface area contributed by atoms with E-state index in [0.717, 1.165) is 25.7 Å². The number of nitrogens with one attached hydrogen (secondary N) is 1. The van der Waals surface area contributed by atoms with Crippen molar-refractivity contribution >= 4 is 20.0 Å². The summed E-state index contributed by atoms with van der Waals surface area (Å²) in [6.45, 7) is 0.741. The SMILES string of the molecule is NCC1CCCN1S(=O)(=O)c1ccc(S(=O)(=O)NC2CC2)cc1. The Bertz CT molecular complexity index is 771. The quantitative estimate of drug-likeness (QED) is 0.756. The van der Waals surface area contributed by atoms with Crippen LogP contribution in [0.15, 0.2) is 34.1 Å². The zero-order valence-corrected chi connectivity index (χ0v) is 14.3. The fourth-order valence-corrected chi connectivity index (χ4v) is 5.79. The van der Waals surface area contributed by atoms with Crippen LogP contribution in [0.2, 0.25) is 0 Å². The molecule has 3 N–H and O–H groups in total. The third kappa shape index (κ3) is 3.43. The molecule has 1 saturated carbocycles. The van der Waals surface area contributed by atoms with Crippen LogP contribution in [0.3, 0.4) is 0 Å². The highest BCUT2D eigenvalue weighted by Gasteiger charge is 2.34. The minimum Gasteiger partial charge on any atom is -0.329 e. The van der Waals surface area contributed by atoms with Crippen LogP contribution < -0.4 is 10.5 Å². The van der Waals surface area contributed by atoms with Crippen molar-refractivity contribution in [2.75, 3.05) is 13.1 Å².